The van der Waals surface area contributed by atoms with Crippen molar-refractivity contribution in [3.8, 4) is 0 Å². The molecule has 1 saturated heterocycles. The molecule has 2 aromatic carbocycles. The number of rotatable bonds is 3. The van der Waals surface area contributed by atoms with E-state index in [0.717, 1.165) is 16.7 Å². The van der Waals surface area contributed by atoms with E-state index in [-0.39, 0.29) is 20.6 Å². The molecule has 0 bridgehead atoms. The lowest BCUT2D eigenvalue weighted by Crippen LogP contribution is -2.28. The highest BCUT2D eigenvalue weighted by Crippen LogP contribution is 2.37. The van der Waals surface area contributed by atoms with Gasteiger partial charge in [0.2, 0.25) is 0 Å². The highest BCUT2D eigenvalue weighted by molar-refractivity contribution is 8.27. The number of hydrogen-bond donors (Lipinski definition) is 0. The smallest absolute Gasteiger partial charge is 0.268 e. The van der Waals surface area contributed by atoms with Crippen LogP contribution in [-0.2, 0) is 4.79 Å². The molecule has 5 nitrogen and oxygen atoms in total. The Bertz CT molecular complexity index is 943. The summed E-state index contributed by atoms with van der Waals surface area (Å²) in [4.78, 5) is 24.6. The van der Waals surface area contributed by atoms with Crippen LogP contribution in [0.1, 0.15) is 11.1 Å². The molecule has 1 heterocycles. The van der Waals surface area contributed by atoms with E-state index in [1.165, 1.54) is 30.3 Å². The molecule has 25 heavy (non-hydrogen) atoms. The van der Waals surface area contributed by atoms with Crippen molar-refractivity contribution in [2.45, 2.75) is 6.92 Å². The van der Waals surface area contributed by atoms with Crippen molar-refractivity contribution < 1.29 is 14.1 Å². The molecule has 3 rings (SSSR count). The number of nitrogens with zero attached hydrogens (tertiary/aromatic N) is 2. The second-order valence-electron chi connectivity index (χ2n) is 5.27. The molecule has 1 aliphatic heterocycles. The minimum atomic E-state index is -0.550. The second-order valence-corrected chi connectivity index (χ2v) is 6.95. The molecule has 0 radical (unpaired) electrons. The molecule has 0 N–H and O–H groups in total. The Hall–Kier alpha value is -2.58. The Morgan fingerprint density at radius 2 is 2.00 bits per heavy atom. The number of aryl methyl sites for hydroxylation is 1. The zero-order chi connectivity index (χ0) is 18.1. The molecule has 1 amide bonds. The highest BCUT2D eigenvalue weighted by Gasteiger charge is 2.34. The van der Waals surface area contributed by atoms with Gasteiger partial charge in [0.15, 0.2) is 4.32 Å². The summed E-state index contributed by atoms with van der Waals surface area (Å²) in [6.07, 6.45) is 1.52. The number of nitro benzene ring substituents is 1. The predicted octanol–water partition coefficient (Wildman–Crippen LogP) is 4.45. The zero-order valence-corrected chi connectivity index (χ0v) is 14.6. The number of hydrogen-bond acceptors (Lipinski definition) is 5. The summed E-state index contributed by atoms with van der Waals surface area (Å²) in [5, 5.41) is 11.0. The highest BCUT2D eigenvalue weighted by atomic mass is 32.2. The van der Waals surface area contributed by atoms with Crippen LogP contribution in [0, 0.1) is 22.9 Å². The van der Waals surface area contributed by atoms with Gasteiger partial charge in [-0.3, -0.25) is 19.8 Å². The first-order valence-corrected chi connectivity index (χ1v) is 8.38. The molecule has 1 fully saturated rings. The summed E-state index contributed by atoms with van der Waals surface area (Å²) in [5.41, 5.74) is 1.09. The van der Waals surface area contributed by atoms with Crippen molar-refractivity contribution in [3.05, 3.63) is 74.4 Å². The van der Waals surface area contributed by atoms with Crippen LogP contribution in [0.2, 0.25) is 0 Å². The molecule has 2 aromatic rings. The first-order valence-electron chi connectivity index (χ1n) is 7.16. The van der Waals surface area contributed by atoms with Gasteiger partial charge in [0.1, 0.15) is 5.82 Å². The third kappa shape index (κ3) is 3.31. The lowest BCUT2D eigenvalue weighted by atomic mass is 10.1. The monoisotopic (exact) mass is 374 g/mol. The Kier molecular flexibility index (Phi) is 4.65. The van der Waals surface area contributed by atoms with Gasteiger partial charge in [0.05, 0.1) is 15.5 Å². The fraction of sp³-hybridized carbons (Fsp3) is 0.0588. The molecule has 0 atom stereocenters. The van der Waals surface area contributed by atoms with Gasteiger partial charge < -0.3 is 0 Å². The summed E-state index contributed by atoms with van der Waals surface area (Å²) in [7, 11) is 0. The van der Waals surface area contributed by atoms with Crippen LogP contribution in [0.4, 0.5) is 15.8 Å². The van der Waals surface area contributed by atoms with Gasteiger partial charge in [-0.25, -0.2) is 4.39 Å². The SMILES string of the molecule is Cc1ccc(/C=C2/SC(=S)N(c3ccccc3F)C2=O)cc1[N+](=O)[O-]. The fourth-order valence-corrected chi connectivity index (χ4v) is 3.66. The number of nitro groups is 1. The number of anilines is 1. The van der Waals surface area contributed by atoms with Gasteiger partial charge in [-0.1, -0.05) is 48.2 Å². The Morgan fingerprint density at radius 3 is 2.68 bits per heavy atom. The van der Waals surface area contributed by atoms with Gasteiger partial charge in [-0.05, 0) is 30.7 Å². The van der Waals surface area contributed by atoms with Crippen molar-refractivity contribution in [3.63, 3.8) is 0 Å². The standard InChI is InChI=1S/C17H11FN2O3S2/c1-10-6-7-11(8-14(10)20(22)23)9-15-16(21)19(17(24)25-15)13-5-3-2-4-12(13)18/h2-9H,1H3/b15-9+. The molecule has 0 saturated carbocycles. The molecule has 0 spiro atoms. The molecule has 0 unspecified atom stereocenters. The van der Waals surface area contributed by atoms with Crippen LogP contribution in [-0.4, -0.2) is 15.2 Å². The molecule has 1 aliphatic rings. The fourth-order valence-electron chi connectivity index (χ4n) is 2.37. The molecule has 126 valence electrons. The maximum atomic E-state index is 14.0. The average molecular weight is 374 g/mol. The summed E-state index contributed by atoms with van der Waals surface area (Å²) in [6.45, 7) is 1.64. The molecule has 8 heteroatoms. The van der Waals surface area contributed by atoms with Crippen molar-refractivity contribution in [2.24, 2.45) is 0 Å². The normalized spacial score (nSPS) is 15.9. The van der Waals surface area contributed by atoms with E-state index in [2.05, 4.69) is 0 Å². The van der Waals surface area contributed by atoms with Crippen LogP contribution >= 0.6 is 24.0 Å². The topological polar surface area (TPSA) is 63.5 Å². The third-order valence-electron chi connectivity index (χ3n) is 3.61. The van der Waals surface area contributed by atoms with Gasteiger partial charge >= 0.3 is 0 Å². The van der Waals surface area contributed by atoms with Crippen molar-refractivity contribution in [1.82, 2.24) is 0 Å². The number of amides is 1. The number of benzene rings is 2. The number of thioether (sulfide) groups is 1. The van der Waals surface area contributed by atoms with E-state index in [1.54, 1.807) is 25.1 Å². The van der Waals surface area contributed by atoms with E-state index in [4.69, 9.17) is 12.2 Å². The third-order valence-corrected chi connectivity index (χ3v) is 4.92. The van der Waals surface area contributed by atoms with Crippen molar-refractivity contribution in [1.29, 1.82) is 0 Å². The van der Waals surface area contributed by atoms with Crippen LogP contribution in [0.5, 0.6) is 0 Å². The molecule has 0 aliphatic carbocycles. The number of thiocarbonyl (C=S) groups is 1. The summed E-state index contributed by atoms with van der Waals surface area (Å²) in [6, 6.07) is 10.5. The van der Waals surface area contributed by atoms with E-state index in [9.17, 15) is 19.3 Å². The maximum Gasteiger partial charge on any atom is 0.272 e. The number of halogens is 1. The van der Waals surface area contributed by atoms with E-state index >= 15 is 0 Å². The molecular weight excluding hydrogens is 363 g/mol. The average Bonchev–Trinajstić information content (AvgIpc) is 2.84. The Morgan fingerprint density at radius 1 is 1.28 bits per heavy atom. The number of carbonyl (C=O) groups is 1. The Labute approximate surface area is 152 Å². The minimum Gasteiger partial charge on any atom is -0.268 e. The summed E-state index contributed by atoms with van der Waals surface area (Å²) in [5.74, 6) is -1.01. The maximum absolute atomic E-state index is 14.0. The van der Waals surface area contributed by atoms with Crippen LogP contribution in [0.25, 0.3) is 6.08 Å². The summed E-state index contributed by atoms with van der Waals surface area (Å²) < 4.78 is 14.2. The number of para-hydroxylation sites is 1. The largest absolute Gasteiger partial charge is 0.272 e. The van der Waals surface area contributed by atoms with E-state index < -0.39 is 16.6 Å². The van der Waals surface area contributed by atoms with Crippen molar-refractivity contribution in [2.75, 3.05) is 4.90 Å². The quantitative estimate of drug-likeness (QED) is 0.344. The van der Waals surface area contributed by atoms with E-state index in [0.29, 0.717) is 11.1 Å². The van der Waals surface area contributed by atoms with Gasteiger partial charge in [0, 0.05) is 11.6 Å². The lowest BCUT2D eigenvalue weighted by molar-refractivity contribution is -0.385. The lowest BCUT2D eigenvalue weighted by Gasteiger charge is -2.14. The van der Waals surface area contributed by atoms with Crippen LogP contribution < -0.4 is 4.90 Å². The Balaban J connectivity index is 1.98. The number of carbonyl (C=O) groups excluding carboxylic acids is 1. The van der Waals surface area contributed by atoms with Gasteiger partial charge in [0.25, 0.3) is 11.6 Å². The van der Waals surface area contributed by atoms with Gasteiger partial charge in [-0.2, -0.15) is 0 Å². The van der Waals surface area contributed by atoms with E-state index in [1.807, 2.05) is 0 Å². The first kappa shape index (κ1) is 17.2. The van der Waals surface area contributed by atoms with Crippen molar-refractivity contribution >= 4 is 51.7 Å². The second kappa shape index (κ2) is 6.73. The summed E-state index contributed by atoms with van der Waals surface area (Å²) >= 11 is 6.22. The molecular formula is C17H11FN2O3S2. The molecule has 0 aromatic heterocycles. The van der Waals surface area contributed by atoms with Crippen LogP contribution in [0.3, 0.4) is 0 Å². The predicted molar refractivity (Wildman–Crippen MR) is 99.9 cm³/mol. The van der Waals surface area contributed by atoms with Gasteiger partial charge in [-0.15, -0.1) is 0 Å². The first-order chi connectivity index (χ1) is 11.9. The minimum absolute atomic E-state index is 0.0293. The zero-order valence-electron chi connectivity index (χ0n) is 12.9. The van der Waals surface area contributed by atoms with Crippen LogP contribution in [0.15, 0.2) is 47.4 Å².